The van der Waals surface area contributed by atoms with Gasteiger partial charge in [-0.15, -0.1) is 0 Å². The molecule has 3 amide bonds. The molecule has 40 heavy (non-hydrogen) atoms. The second-order valence-electron chi connectivity index (χ2n) is 10.6. The average Bonchev–Trinajstić information content (AvgIpc) is 3.28. The Morgan fingerprint density at radius 3 is 2.23 bits per heavy atom. The molecule has 1 saturated heterocycles. The number of fused-ring (bicyclic) bond motifs is 1. The van der Waals surface area contributed by atoms with Gasteiger partial charge in [-0.2, -0.15) is 0 Å². The van der Waals surface area contributed by atoms with Crippen molar-refractivity contribution < 1.29 is 19.5 Å². The fraction of sp³-hybridized carbons (Fsp3) is 0.469. The third-order valence-electron chi connectivity index (χ3n) is 8.52. The first kappa shape index (κ1) is 29.3. The second kappa shape index (κ2) is 13.1. The van der Waals surface area contributed by atoms with E-state index in [0.717, 1.165) is 24.3 Å². The minimum absolute atomic E-state index is 0.108. The van der Waals surface area contributed by atoms with E-state index in [1.807, 2.05) is 73.7 Å². The fourth-order valence-electron chi connectivity index (χ4n) is 6.45. The Morgan fingerprint density at radius 2 is 1.65 bits per heavy atom. The van der Waals surface area contributed by atoms with Crippen LogP contribution in [0.25, 0.3) is 0 Å². The summed E-state index contributed by atoms with van der Waals surface area (Å²) in [5.41, 5.74) is 2.66. The van der Waals surface area contributed by atoms with Crippen LogP contribution >= 0.6 is 0 Å². The summed E-state index contributed by atoms with van der Waals surface area (Å²) in [6.45, 7) is 7.66. The molecule has 6 atom stereocenters. The van der Waals surface area contributed by atoms with Gasteiger partial charge in [0.2, 0.25) is 17.7 Å². The summed E-state index contributed by atoms with van der Waals surface area (Å²) in [6.07, 6.45) is 5.04. The van der Waals surface area contributed by atoms with Crippen LogP contribution < -0.4 is 15.5 Å². The van der Waals surface area contributed by atoms with E-state index in [0.29, 0.717) is 18.5 Å². The lowest BCUT2D eigenvalue weighted by Gasteiger charge is -2.34. The van der Waals surface area contributed by atoms with Gasteiger partial charge in [-0.05, 0) is 62.4 Å². The molecule has 1 aliphatic carbocycles. The monoisotopic (exact) mass is 546 g/mol. The van der Waals surface area contributed by atoms with Crippen LogP contribution in [0.1, 0.15) is 32.8 Å². The molecule has 4 rings (SSSR count). The Hall–Kier alpha value is -3.65. The highest BCUT2D eigenvalue weighted by Gasteiger charge is 2.58. The number of nitrogens with one attached hydrogen (secondary N) is 2. The SMILES string of the molecule is CC[C@@H]1C=C[C@H]2[C@H](C(=O)N([C@@H](CO)Cc3ccccc3)[C@@H]2C(=O)Nc2ccc(N(CC)CC)cc2)[C@@H]1C(=O)NC. The van der Waals surface area contributed by atoms with Gasteiger partial charge in [0.25, 0.3) is 0 Å². The number of hydrogen-bond donors (Lipinski definition) is 3. The number of hydrogen-bond acceptors (Lipinski definition) is 5. The van der Waals surface area contributed by atoms with Gasteiger partial charge in [0.15, 0.2) is 0 Å². The largest absolute Gasteiger partial charge is 0.394 e. The van der Waals surface area contributed by atoms with Crippen LogP contribution in [0.3, 0.4) is 0 Å². The zero-order chi connectivity index (χ0) is 28.8. The van der Waals surface area contributed by atoms with Gasteiger partial charge in [0, 0.05) is 37.4 Å². The number of aliphatic hydroxyl groups is 1. The molecule has 0 spiro atoms. The summed E-state index contributed by atoms with van der Waals surface area (Å²) in [5, 5.41) is 16.3. The van der Waals surface area contributed by atoms with Crippen molar-refractivity contribution in [3.8, 4) is 0 Å². The molecule has 1 aliphatic heterocycles. The number of anilines is 2. The molecule has 214 valence electrons. The van der Waals surface area contributed by atoms with Gasteiger partial charge in [-0.25, -0.2) is 0 Å². The van der Waals surface area contributed by atoms with Crippen molar-refractivity contribution in [2.75, 3.05) is 37.0 Å². The molecule has 2 aromatic carbocycles. The van der Waals surface area contributed by atoms with Crippen LogP contribution in [0, 0.1) is 23.7 Å². The van der Waals surface area contributed by atoms with Crippen molar-refractivity contribution in [1.82, 2.24) is 10.2 Å². The summed E-state index contributed by atoms with van der Waals surface area (Å²) < 4.78 is 0. The van der Waals surface area contributed by atoms with E-state index < -0.39 is 29.8 Å². The Morgan fingerprint density at radius 1 is 0.975 bits per heavy atom. The van der Waals surface area contributed by atoms with Crippen LogP contribution in [0.2, 0.25) is 0 Å². The third-order valence-corrected chi connectivity index (χ3v) is 8.52. The summed E-state index contributed by atoms with van der Waals surface area (Å²) in [5.74, 6) is -2.63. The lowest BCUT2D eigenvalue weighted by atomic mass is 9.69. The van der Waals surface area contributed by atoms with E-state index in [1.165, 1.54) is 0 Å². The maximum Gasteiger partial charge on any atom is 0.247 e. The zero-order valence-corrected chi connectivity index (χ0v) is 23.9. The normalized spacial score (nSPS) is 24.4. The number of rotatable bonds is 11. The van der Waals surface area contributed by atoms with E-state index in [4.69, 9.17) is 0 Å². The standard InChI is InChI=1S/C32H42N4O4/c1-5-22-13-18-26-28(27(22)30(38)33-4)32(40)36(25(20-37)19-21-11-9-8-10-12-21)29(26)31(39)34-23-14-16-24(17-15-23)35(6-2)7-3/h8-18,22,25-29,37H,5-7,19-20H2,1-4H3,(H,33,38)(H,34,39)/t22-,25-,26+,27-,28+,29+/m1/s1. The first-order valence-electron chi connectivity index (χ1n) is 14.4. The number of likely N-dealkylation sites (tertiary alicyclic amines) is 1. The van der Waals surface area contributed by atoms with Gasteiger partial charge in [0.1, 0.15) is 6.04 Å². The lowest BCUT2D eigenvalue weighted by molar-refractivity contribution is -0.142. The smallest absolute Gasteiger partial charge is 0.247 e. The minimum atomic E-state index is -0.859. The van der Waals surface area contributed by atoms with E-state index >= 15 is 0 Å². The highest BCUT2D eigenvalue weighted by atomic mass is 16.3. The lowest BCUT2D eigenvalue weighted by Crippen LogP contribution is -2.51. The van der Waals surface area contributed by atoms with Gasteiger partial charge >= 0.3 is 0 Å². The molecule has 8 nitrogen and oxygen atoms in total. The molecule has 0 aromatic heterocycles. The fourth-order valence-corrected chi connectivity index (χ4v) is 6.45. The molecule has 0 saturated carbocycles. The Balaban J connectivity index is 1.70. The van der Waals surface area contributed by atoms with Gasteiger partial charge in [-0.3, -0.25) is 14.4 Å². The van der Waals surface area contributed by atoms with Gasteiger partial charge < -0.3 is 25.5 Å². The molecule has 1 heterocycles. The number of carbonyl (C=O) groups is 3. The van der Waals surface area contributed by atoms with Crippen LogP contribution in [-0.4, -0.2) is 66.6 Å². The zero-order valence-electron chi connectivity index (χ0n) is 23.9. The Kier molecular flexibility index (Phi) is 9.63. The van der Waals surface area contributed by atoms with Gasteiger partial charge in [0.05, 0.1) is 24.5 Å². The van der Waals surface area contributed by atoms with Gasteiger partial charge in [-0.1, -0.05) is 49.4 Å². The average molecular weight is 547 g/mol. The third kappa shape index (κ3) is 5.77. The molecule has 2 aliphatic rings. The van der Waals surface area contributed by atoms with E-state index in [-0.39, 0.29) is 30.2 Å². The predicted octanol–water partition coefficient (Wildman–Crippen LogP) is 3.48. The summed E-state index contributed by atoms with van der Waals surface area (Å²) in [4.78, 5) is 45.1. The number of aliphatic hydroxyl groups excluding tert-OH is 1. The number of nitrogens with zero attached hydrogens (tertiary/aromatic N) is 2. The van der Waals surface area contributed by atoms with Crippen LogP contribution in [-0.2, 0) is 20.8 Å². The van der Waals surface area contributed by atoms with Crippen LogP contribution in [0.4, 0.5) is 11.4 Å². The van der Waals surface area contributed by atoms with E-state index in [2.05, 4.69) is 29.4 Å². The Bertz CT molecular complexity index is 1200. The Labute approximate surface area is 237 Å². The molecular formula is C32H42N4O4. The van der Waals surface area contributed by atoms with Crippen LogP contribution in [0.15, 0.2) is 66.7 Å². The molecule has 1 fully saturated rings. The minimum Gasteiger partial charge on any atom is -0.394 e. The van der Waals surface area contributed by atoms with Crippen molar-refractivity contribution in [2.24, 2.45) is 23.7 Å². The molecular weight excluding hydrogens is 504 g/mol. The van der Waals surface area contributed by atoms with Crippen molar-refractivity contribution >= 4 is 29.1 Å². The molecule has 0 radical (unpaired) electrons. The number of carbonyl (C=O) groups excluding carboxylic acids is 3. The maximum atomic E-state index is 14.2. The summed E-state index contributed by atoms with van der Waals surface area (Å²) in [7, 11) is 1.58. The van der Waals surface area contributed by atoms with Crippen molar-refractivity contribution in [2.45, 2.75) is 45.7 Å². The molecule has 0 bridgehead atoms. The highest BCUT2D eigenvalue weighted by molar-refractivity contribution is 6.02. The molecule has 0 unspecified atom stereocenters. The molecule has 2 aromatic rings. The first-order valence-corrected chi connectivity index (χ1v) is 14.4. The molecule has 8 heteroatoms. The number of amides is 3. The van der Waals surface area contributed by atoms with E-state index in [9.17, 15) is 19.5 Å². The summed E-state index contributed by atoms with van der Waals surface area (Å²) in [6, 6.07) is 15.9. The summed E-state index contributed by atoms with van der Waals surface area (Å²) >= 11 is 0. The van der Waals surface area contributed by atoms with Crippen LogP contribution in [0.5, 0.6) is 0 Å². The highest BCUT2D eigenvalue weighted by Crippen LogP contribution is 2.46. The first-order chi connectivity index (χ1) is 19.4. The number of benzene rings is 2. The topological polar surface area (TPSA) is 102 Å². The second-order valence-corrected chi connectivity index (χ2v) is 10.6. The molecule has 3 N–H and O–H groups in total. The maximum absolute atomic E-state index is 14.2. The van der Waals surface area contributed by atoms with Crippen molar-refractivity contribution in [3.63, 3.8) is 0 Å². The number of allylic oxidation sites excluding steroid dienone is 1. The predicted molar refractivity (Wildman–Crippen MR) is 158 cm³/mol. The van der Waals surface area contributed by atoms with E-state index in [1.54, 1.807) is 11.9 Å². The van der Waals surface area contributed by atoms with Crippen molar-refractivity contribution in [1.29, 1.82) is 0 Å². The van der Waals surface area contributed by atoms with Crippen molar-refractivity contribution in [3.05, 3.63) is 72.3 Å². The quantitative estimate of drug-likeness (QED) is 0.375.